The second-order valence-corrected chi connectivity index (χ2v) is 12.1. The van der Waals surface area contributed by atoms with Gasteiger partial charge in [-0.05, 0) is 52.9 Å². The Kier molecular flexibility index (Phi) is 6.09. The first-order valence-corrected chi connectivity index (χ1v) is 10.6. The van der Waals surface area contributed by atoms with Crippen LogP contribution in [0.5, 0.6) is 0 Å². The Bertz CT molecular complexity index is 478. The van der Waals surface area contributed by atoms with Crippen molar-refractivity contribution in [2.45, 2.75) is 45.3 Å². The lowest BCUT2D eigenvalue weighted by molar-refractivity contribution is 0.296. The minimum absolute atomic E-state index is 0.273. The first-order valence-electron chi connectivity index (χ1n) is 6.61. The molecule has 0 saturated carbocycles. The Labute approximate surface area is 132 Å². The Morgan fingerprint density at radius 3 is 2.42 bits per heavy atom. The average Bonchev–Trinajstić information content (AvgIpc) is 2.29. The van der Waals surface area contributed by atoms with Crippen molar-refractivity contribution in [2.75, 3.05) is 6.61 Å². The van der Waals surface area contributed by atoms with E-state index < -0.39 is 8.32 Å². The highest BCUT2D eigenvalue weighted by Gasteiger charge is 2.36. The highest BCUT2D eigenvalue weighted by atomic mass is 127. The summed E-state index contributed by atoms with van der Waals surface area (Å²) < 4.78 is 7.30. The van der Waals surface area contributed by atoms with Crippen LogP contribution in [0, 0.1) is 15.4 Å². The molecular weight excluding hydrogens is 363 g/mol. The van der Waals surface area contributed by atoms with Crippen LogP contribution in [0.4, 0.5) is 0 Å². The van der Waals surface area contributed by atoms with Gasteiger partial charge in [-0.2, -0.15) is 0 Å². The van der Waals surface area contributed by atoms with E-state index in [0.717, 1.165) is 18.6 Å². The largest absolute Gasteiger partial charge is 0.416 e. The van der Waals surface area contributed by atoms with E-state index in [1.165, 1.54) is 3.57 Å². The van der Waals surface area contributed by atoms with Crippen molar-refractivity contribution in [1.29, 1.82) is 0 Å². The van der Waals surface area contributed by atoms with E-state index in [1.807, 2.05) is 12.1 Å². The van der Waals surface area contributed by atoms with Crippen LogP contribution >= 0.6 is 22.6 Å². The van der Waals surface area contributed by atoms with Crippen molar-refractivity contribution < 1.29 is 4.43 Å². The van der Waals surface area contributed by atoms with E-state index in [0.29, 0.717) is 0 Å². The molecule has 0 saturated heterocycles. The third kappa shape index (κ3) is 5.29. The van der Waals surface area contributed by atoms with Gasteiger partial charge in [0.05, 0.1) is 0 Å². The van der Waals surface area contributed by atoms with Gasteiger partial charge in [-0.25, -0.2) is 0 Å². The van der Waals surface area contributed by atoms with Crippen LogP contribution in [-0.4, -0.2) is 14.9 Å². The van der Waals surface area contributed by atoms with Crippen LogP contribution in [0.3, 0.4) is 0 Å². The van der Waals surface area contributed by atoms with E-state index in [1.54, 1.807) is 0 Å². The van der Waals surface area contributed by atoms with Crippen molar-refractivity contribution in [2.24, 2.45) is 0 Å². The van der Waals surface area contributed by atoms with Crippen LogP contribution in [0.25, 0.3) is 0 Å². The summed E-state index contributed by atoms with van der Waals surface area (Å²) in [6, 6.07) is 8.20. The third-order valence-electron chi connectivity index (χ3n) is 3.59. The summed E-state index contributed by atoms with van der Waals surface area (Å²) in [6.45, 7) is 12.1. The van der Waals surface area contributed by atoms with E-state index >= 15 is 0 Å². The zero-order valence-electron chi connectivity index (χ0n) is 12.5. The van der Waals surface area contributed by atoms with Gasteiger partial charge in [0.2, 0.25) is 0 Å². The first kappa shape index (κ1) is 16.7. The van der Waals surface area contributed by atoms with Gasteiger partial charge in [0.25, 0.3) is 0 Å². The van der Waals surface area contributed by atoms with E-state index in [-0.39, 0.29) is 5.04 Å². The Morgan fingerprint density at radius 1 is 1.21 bits per heavy atom. The van der Waals surface area contributed by atoms with E-state index in [9.17, 15) is 0 Å². The molecular formula is C16H23IOSi. The lowest BCUT2D eigenvalue weighted by Crippen LogP contribution is -2.40. The molecule has 0 bridgehead atoms. The van der Waals surface area contributed by atoms with E-state index in [4.69, 9.17) is 4.43 Å². The second-order valence-electron chi connectivity index (χ2n) is 6.14. The molecule has 0 heterocycles. The van der Waals surface area contributed by atoms with Gasteiger partial charge >= 0.3 is 0 Å². The van der Waals surface area contributed by atoms with Crippen molar-refractivity contribution in [3.63, 3.8) is 0 Å². The molecule has 0 N–H and O–H groups in total. The molecule has 0 aliphatic heterocycles. The lowest BCUT2D eigenvalue weighted by Gasteiger charge is -2.35. The van der Waals surface area contributed by atoms with Crippen LogP contribution in [-0.2, 0) is 4.43 Å². The maximum absolute atomic E-state index is 6.10. The summed E-state index contributed by atoms with van der Waals surface area (Å²) in [5, 5.41) is 0.273. The SMILES string of the molecule is CC(C)(C)[Si](C)(C)OCCC#Cc1ccccc1I. The molecule has 1 aromatic carbocycles. The van der Waals surface area contributed by atoms with Gasteiger partial charge in [0.15, 0.2) is 8.32 Å². The standard InChI is InChI=1S/C16H23IOSi/c1-16(2,3)19(4,5)18-13-9-8-11-14-10-6-7-12-15(14)17/h6-7,10,12H,9,13H2,1-5H3. The molecule has 0 aliphatic rings. The van der Waals surface area contributed by atoms with Crippen LogP contribution < -0.4 is 0 Å². The van der Waals surface area contributed by atoms with Gasteiger partial charge < -0.3 is 4.43 Å². The molecule has 0 atom stereocenters. The fourth-order valence-electron chi connectivity index (χ4n) is 1.29. The molecule has 104 valence electrons. The van der Waals surface area contributed by atoms with Crippen molar-refractivity contribution in [3.05, 3.63) is 33.4 Å². The van der Waals surface area contributed by atoms with Crippen LogP contribution in [0.2, 0.25) is 18.1 Å². The molecule has 19 heavy (non-hydrogen) atoms. The first-order chi connectivity index (χ1) is 8.74. The van der Waals surface area contributed by atoms with E-state index in [2.05, 4.69) is 80.4 Å². The average molecular weight is 386 g/mol. The quantitative estimate of drug-likeness (QED) is 0.306. The van der Waals surface area contributed by atoms with Gasteiger partial charge in [-0.15, -0.1) is 0 Å². The van der Waals surface area contributed by atoms with Gasteiger partial charge in [-0.3, -0.25) is 0 Å². The predicted octanol–water partition coefficient (Wildman–Crippen LogP) is 5.05. The van der Waals surface area contributed by atoms with Crippen LogP contribution in [0.15, 0.2) is 24.3 Å². The smallest absolute Gasteiger partial charge is 0.192 e. The fourth-order valence-corrected chi connectivity index (χ4v) is 2.86. The molecule has 0 radical (unpaired) electrons. The number of halogens is 1. The molecule has 1 aromatic rings. The maximum atomic E-state index is 6.10. The molecule has 0 amide bonds. The number of rotatable bonds is 3. The molecule has 1 rings (SSSR count). The topological polar surface area (TPSA) is 9.23 Å². The summed E-state index contributed by atoms with van der Waals surface area (Å²) in [5.41, 5.74) is 1.11. The van der Waals surface area contributed by atoms with Crippen molar-refractivity contribution >= 4 is 30.9 Å². The predicted molar refractivity (Wildman–Crippen MR) is 93.8 cm³/mol. The molecule has 0 unspecified atom stereocenters. The highest BCUT2D eigenvalue weighted by Crippen LogP contribution is 2.36. The van der Waals surface area contributed by atoms with Gasteiger partial charge in [-0.1, -0.05) is 44.7 Å². The summed E-state index contributed by atoms with van der Waals surface area (Å²) in [5.74, 6) is 6.42. The molecule has 0 spiro atoms. The number of hydrogen-bond acceptors (Lipinski definition) is 1. The Balaban J connectivity index is 2.47. The van der Waals surface area contributed by atoms with Gasteiger partial charge in [0, 0.05) is 22.2 Å². The minimum Gasteiger partial charge on any atom is -0.416 e. The summed E-state index contributed by atoms with van der Waals surface area (Å²) in [4.78, 5) is 0. The monoisotopic (exact) mass is 386 g/mol. The summed E-state index contributed by atoms with van der Waals surface area (Å²) in [7, 11) is -1.61. The number of hydrogen-bond donors (Lipinski definition) is 0. The van der Waals surface area contributed by atoms with Crippen LogP contribution in [0.1, 0.15) is 32.8 Å². The molecule has 0 aromatic heterocycles. The summed E-state index contributed by atoms with van der Waals surface area (Å²) >= 11 is 2.32. The number of benzene rings is 1. The molecule has 1 nitrogen and oxygen atoms in total. The zero-order chi connectivity index (χ0) is 14.5. The highest BCUT2D eigenvalue weighted by molar-refractivity contribution is 14.1. The molecule has 0 fully saturated rings. The van der Waals surface area contributed by atoms with Crippen molar-refractivity contribution in [1.82, 2.24) is 0 Å². The minimum atomic E-state index is -1.61. The van der Waals surface area contributed by atoms with Gasteiger partial charge in [0.1, 0.15) is 0 Å². The Hall–Kier alpha value is -0.313. The lowest BCUT2D eigenvalue weighted by atomic mass is 10.2. The third-order valence-corrected chi connectivity index (χ3v) is 9.07. The fraction of sp³-hybridized carbons (Fsp3) is 0.500. The molecule has 0 aliphatic carbocycles. The van der Waals surface area contributed by atoms with Crippen molar-refractivity contribution in [3.8, 4) is 11.8 Å². The molecule has 3 heteroatoms. The normalized spacial score (nSPS) is 11.9. The maximum Gasteiger partial charge on any atom is 0.192 e. The Morgan fingerprint density at radius 2 is 1.84 bits per heavy atom. The zero-order valence-corrected chi connectivity index (χ0v) is 15.7. The second kappa shape index (κ2) is 6.92. The summed E-state index contributed by atoms with van der Waals surface area (Å²) in [6.07, 6.45) is 0.803.